The zero-order valence-electron chi connectivity index (χ0n) is 11.7. The maximum Gasteiger partial charge on any atom is 0.00508 e. The molecule has 1 aromatic carbocycles. The van der Waals surface area contributed by atoms with Crippen molar-refractivity contribution >= 4 is 0 Å². The minimum atomic E-state index is 0.644. The first kappa shape index (κ1) is 13.6. The number of likely N-dealkylation sites (tertiary alicyclic amines) is 1. The summed E-state index contributed by atoms with van der Waals surface area (Å²) < 4.78 is 0. The Morgan fingerprint density at radius 1 is 1.33 bits per heavy atom. The normalized spacial score (nSPS) is 22.2. The molecule has 1 heterocycles. The predicted octanol–water partition coefficient (Wildman–Crippen LogP) is 2.86. The maximum atomic E-state index is 3.49. The number of hydrogen-bond acceptors (Lipinski definition) is 2. The van der Waals surface area contributed by atoms with Gasteiger partial charge in [-0.05, 0) is 50.9 Å². The Morgan fingerprint density at radius 3 is 2.83 bits per heavy atom. The highest BCUT2D eigenvalue weighted by molar-refractivity contribution is 5.20. The van der Waals surface area contributed by atoms with E-state index in [2.05, 4.69) is 54.4 Å². The second-order valence-electron chi connectivity index (χ2n) is 5.44. The van der Waals surface area contributed by atoms with Gasteiger partial charge in [0.05, 0.1) is 0 Å². The molecule has 1 aromatic rings. The molecule has 0 aliphatic carbocycles. The minimum absolute atomic E-state index is 0.644. The molecular formula is C16H26N2. The molecule has 0 aromatic heterocycles. The molecular weight excluding hydrogens is 220 g/mol. The Labute approximate surface area is 111 Å². The molecule has 1 saturated heterocycles. The summed E-state index contributed by atoms with van der Waals surface area (Å²) in [6, 6.07) is 11.6. The van der Waals surface area contributed by atoms with Gasteiger partial charge in [0.1, 0.15) is 0 Å². The van der Waals surface area contributed by atoms with Gasteiger partial charge in [0.25, 0.3) is 0 Å². The molecule has 0 radical (unpaired) electrons. The average molecular weight is 246 g/mol. The molecule has 2 heteroatoms. The largest absolute Gasteiger partial charge is 0.314 e. The molecule has 2 atom stereocenters. The van der Waals surface area contributed by atoms with Crippen LogP contribution in [0.4, 0.5) is 0 Å². The van der Waals surface area contributed by atoms with Crippen LogP contribution in [0.1, 0.15) is 38.2 Å². The van der Waals surface area contributed by atoms with Gasteiger partial charge in [-0.2, -0.15) is 0 Å². The summed E-state index contributed by atoms with van der Waals surface area (Å²) in [7, 11) is 0. The van der Waals surface area contributed by atoms with Crippen molar-refractivity contribution in [3.63, 3.8) is 0 Å². The van der Waals surface area contributed by atoms with Gasteiger partial charge in [0.15, 0.2) is 0 Å². The van der Waals surface area contributed by atoms with Crippen molar-refractivity contribution in [3.05, 3.63) is 35.9 Å². The first-order chi connectivity index (χ1) is 8.79. The van der Waals surface area contributed by atoms with Gasteiger partial charge in [-0.3, -0.25) is 0 Å². The van der Waals surface area contributed by atoms with E-state index in [0.717, 1.165) is 12.5 Å². The summed E-state index contributed by atoms with van der Waals surface area (Å²) in [5.74, 6) is 0.751. The molecule has 0 bridgehead atoms. The number of benzene rings is 1. The number of rotatable bonds is 6. The standard InChI is InChI=1S/C16H26N2/c1-3-17-14(2)9-11-18-12-10-16(13-18)15-7-5-4-6-8-15/h4-8,14,16-17H,3,9-13H2,1-2H3. The van der Waals surface area contributed by atoms with Crippen molar-refractivity contribution in [2.75, 3.05) is 26.2 Å². The Morgan fingerprint density at radius 2 is 2.11 bits per heavy atom. The van der Waals surface area contributed by atoms with E-state index in [1.807, 2.05) is 0 Å². The molecule has 1 N–H and O–H groups in total. The van der Waals surface area contributed by atoms with Crippen LogP contribution in [-0.4, -0.2) is 37.1 Å². The van der Waals surface area contributed by atoms with Crippen molar-refractivity contribution in [1.82, 2.24) is 10.2 Å². The second kappa shape index (κ2) is 6.91. The summed E-state index contributed by atoms with van der Waals surface area (Å²) in [4.78, 5) is 2.62. The lowest BCUT2D eigenvalue weighted by Crippen LogP contribution is -2.31. The second-order valence-corrected chi connectivity index (χ2v) is 5.44. The third-order valence-corrected chi connectivity index (χ3v) is 3.97. The van der Waals surface area contributed by atoms with E-state index in [9.17, 15) is 0 Å². The summed E-state index contributed by atoms with van der Waals surface area (Å²) in [5, 5.41) is 3.49. The van der Waals surface area contributed by atoms with Crippen molar-refractivity contribution in [2.24, 2.45) is 0 Å². The first-order valence-electron chi connectivity index (χ1n) is 7.30. The van der Waals surface area contributed by atoms with Crippen LogP contribution in [0.2, 0.25) is 0 Å². The highest BCUT2D eigenvalue weighted by Crippen LogP contribution is 2.26. The molecule has 0 saturated carbocycles. The van der Waals surface area contributed by atoms with Gasteiger partial charge in [0, 0.05) is 12.6 Å². The van der Waals surface area contributed by atoms with E-state index in [1.165, 1.54) is 38.0 Å². The van der Waals surface area contributed by atoms with Crippen LogP contribution in [0.15, 0.2) is 30.3 Å². The summed E-state index contributed by atoms with van der Waals surface area (Å²) in [5.41, 5.74) is 1.51. The maximum absolute atomic E-state index is 3.49. The average Bonchev–Trinajstić information content (AvgIpc) is 2.87. The highest BCUT2D eigenvalue weighted by atomic mass is 15.1. The number of nitrogens with zero attached hydrogens (tertiary/aromatic N) is 1. The van der Waals surface area contributed by atoms with Gasteiger partial charge < -0.3 is 10.2 Å². The van der Waals surface area contributed by atoms with Gasteiger partial charge >= 0.3 is 0 Å². The van der Waals surface area contributed by atoms with E-state index in [-0.39, 0.29) is 0 Å². The lowest BCUT2D eigenvalue weighted by Gasteiger charge is -2.19. The lowest BCUT2D eigenvalue weighted by molar-refractivity contribution is 0.311. The monoisotopic (exact) mass is 246 g/mol. The molecule has 1 aliphatic rings. The molecule has 100 valence electrons. The van der Waals surface area contributed by atoms with E-state index in [0.29, 0.717) is 6.04 Å². The molecule has 2 unspecified atom stereocenters. The van der Waals surface area contributed by atoms with Crippen molar-refractivity contribution in [1.29, 1.82) is 0 Å². The highest BCUT2D eigenvalue weighted by Gasteiger charge is 2.23. The Hall–Kier alpha value is -0.860. The Balaban J connectivity index is 1.75. The molecule has 1 fully saturated rings. The van der Waals surface area contributed by atoms with Crippen LogP contribution < -0.4 is 5.32 Å². The molecule has 18 heavy (non-hydrogen) atoms. The zero-order chi connectivity index (χ0) is 12.8. The Kier molecular flexibility index (Phi) is 5.21. The van der Waals surface area contributed by atoms with E-state index < -0.39 is 0 Å². The third-order valence-electron chi connectivity index (χ3n) is 3.97. The van der Waals surface area contributed by atoms with Crippen LogP contribution in [-0.2, 0) is 0 Å². The number of hydrogen-bond donors (Lipinski definition) is 1. The summed E-state index contributed by atoms with van der Waals surface area (Å²) in [6.07, 6.45) is 2.58. The van der Waals surface area contributed by atoms with Gasteiger partial charge in [0.2, 0.25) is 0 Å². The first-order valence-corrected chi connectivity index (χ1v) is 7.30. The van der Waals surface area contributed by atoms with E-state index in [1.54, 1.807) is 0 Å². The van der Waals surface area contributed by atoms with Gasteiger partial charge in [-0.15, -0.1) is 0 Å². The minimum Gasteiger partial charge on any atom is -0.314 e. The SMILES string of the molecule is CCNC(C)CCN1CCC(c2ccccc2)C1. The van der Waals surface area contributed by atoms with Crippen LogP contribution >= 0.6 is 0 Å². The van der Waals surface area contributed by atoms with Gasteiger partial charge in [-0.25, -0.2) is 0 Å². The van der Waals surface area contributed by atoms with E-state index in [4.69, 9.17) is 0 Å². The van der Waals surface area contributed by atoms with Crippen LogP contribution in [0, 0.1) is 0 Å². The molecule has 1 aliphatic heterocycles. The molecule has 0 spiro atoms. The number of nitrogens with one attached hydrogen (secondary N) is 1. The van der Waals surface area contributed by atoms with Crippen molar-refractivity contribution in [2.45, 2.75) is 38.6 Å². The fourth-order valence-corrected chi connectivity index (χ4v) is 2.86. The lowest BCUT2D eigenvalue weighted by atomic mass is 9.99. The summed E-state index contributed by atoms with van der Waals surface area (Å²) in [6.45, 7) is 9.28. The molecule has 0 amide bonds. The van der Waals surface area contributed by atoms with Crippen molar-refractivity contribution < 1.29 is 0 Å². The topological polar surface area (TPSA) is 15.3 Å². The van der Waals surface area contributed by atoms with Crippen molar-refractivity contribution in [3.8, 4) is 0 Å². The molecule has 2 rings (SSSR count). The third kappa shape index (κ3) is 3.82. The summed E-state index contributed by atoms with van der Waals surface area (Å²) >= 11 is 0. The fourth-order valence-electron chi connectivity index (χ4n) is 2.86. The zero-order valence-corrected chi connectivity index (χ0v) is 11.7. The smallest absolute Gasteiger partial charge is 0.00508 e. The van der Waals surface area contributed by atoms with Crippen LogP contribution in [0.5, 0.6) is 0 Å². The fraction of sp³-hybridized carbons (Fsp3) is 0.625. The Bertz CT molecular complexity index is 336. The van der Waals surface area contributed by atoms with E-state index >= 15 is 0 Å². The predicted molar refractivity (Wildman–Crippen MR) is 78.0 cm³/mol. The van der Waals surface area contributed by atoms with Crippen LogP contribution in [0.25, 0.3) is 0 Å². The molecule has 2 nitrogen and oxygen atoms in total. The van der Waals surface area contributed by atoms with Crippen LogP contribution in [0.3, 0.4) is 0 Å². The quantitative estimate of drug-likeness (QED) is 0.830. The van der Waals surface area contributed by atoms with Gasteiger partial charge in [-0.1, -0.05) is 37.3 Å².